The van der Waals surface area contributed by atoms with Crippen LogP contribution in [0.1, 0.15) is 21.6 Å². The Bertz CT molecular complexity index is 629. The average molecular weight is 291 g/mol. The van der Waals surface area contributed by atoms with E-state index in [1.165, 1.54) is 6.20 Å². The highest BCUT2D eigenvalue weighted by molar-refractivity contribution is 6.33. The van der Waals surface area contributed by atoms with Gasteiger partial charge in [0.1, 0.15) is 5.75 Å². The van der Waals surface area contributed by atoms with Gasteiger partial charge < -0.3 is 10.1 Å². The summed E-state index contributed by atoms with van der Waals surface area (Å²) in [6, 6.07) is 9.19. The van der Waals surface area contributed by atoms with E-state index in [-0.39, 0.29) is 5.91 Å². The van der Waals surface area contributed by atoms with Crippen molar-refractivity contribution in [3.8, 4) is 5.75 Å². The highest BCUT2D eigenvalue weighted by atomic mass is 35.5. The summed E-state index contributed by atoms with van der Waals surface area (Å²) >= 11 is 6.04. The Kier molecular flexibility index (Phi) is 4.58. The zero-order chi connectivity index (χ0) is 14.5. The Labute approximate surface area is 122 Å². The summed E-state index contributed by atoms with van der Waals surface area (Å²) in [5, 5.41) is 3.21. The summed E-state index contributed by atoms with van der Waals surface area (Å²) < 4.78 is 5.23. The number of aryl methyl sites for hydroxylation is 1. The maximum absolute atomic E-state index is 12.1. The summed E-state index contributed by atoms with van der Waals surface area (Å²) in [4.78, 5) is 16.2. The lowest BCUT2D eigenvalue weighted by molar-refractivity contribution is 0.0950. The summed E-state index contributed by atoms with van der Waals surface area (Å²) in [7, 11) is 1.60. The Morgan fingerprint density at radius 2 is 2.15 bits per heavy atom. The van der Waals surface area contributed by atoms with Gasteiger partial charge in [-0.15, -0.1) is 0 Å². The number of methoxy groups -OCH3 is 1. The normalized spacial score (nSPS) is 10.2. The first kappa shape index (κ1) is 14.3. The molecule has 0 aliphatic heterocycles. The van der Waals surface area contributed by atoms with Crippen molar-refractivity contribution < 1.29 is 9.53 Å². The van der Waals surface area contributed by atoms with E-state index >= 15 is 0 Å². The van der Waals surface area contributed by atoms with Crippen molar-refractivity contribution in [2.24, 2.45) is 0 Å². The Hall–Kier alpha value is -2.07. The van der Waals surface area contributed by atoms with Crippen LogP contribution in [0.2, 0.25) is 5.02 Å². The van der Waals surface area contributed by atoms with Gasteiger partial charge in [-0.25, -0.2) is 0 Å². The quantitative estimate of drug-likeness (QED) is 0.942. The molecule has 104 valence electrons. The van der Waals surface area contributed by atoms with Crippen molar-refractivity contribution in [3.05, 3.63) is 58.4 Å². The third kappa shape index (κ3) is 3.27. The molecule has 0 spiro atoms. The molecule has 1 aromatic carbocycles. The number of amides is 1. The SMILES string of the molecule is COc1ccccc1CNC(=O)c1cnc(C)cc1Cl. The van der Waals surface area contributed by atoms with Crippen molar-refractivity contribution in [2.45, 2.75) is 13.5 Å². The van der Waals surface area contributed by atoms with Crippen LogP contribution in [0.3, 0.4) is 0 Å². The lowest BCUT2D eigenvalue weighted by Crippen LogP contribution is -2.23. The first-order chi connectivity index (χ1) is 9.61. The molecule has 0 radical (unpaired) electrons. The summed E-state index contributed by atoms with van der Waals surface area (Å²) in [5.74, 6) is 0.481. The van der Waals surface area contributed by atoms with Crippen LogP contribution >= 0.6 is 11.6 Å². The van der Waals surface area contributed by atoms with Crippen LogP contribution in [-0.4, -0.2) is 18.0 Å². The van der Waals surface area contributed by atoms with Crippen molar-refractivity contribution in [3.63, 3.8) is 0 Å². The smallest absolute Gasteiger partial charge is 0.254 e. The van der Waals surface area contributed by atoms with E-state index in [0.717, 1.165) is 17.0 Å². The maximum atomic E-state index is 12.1. The predicted molar refractivity (Wildman–Crippen MR) is 78.1 cm³/mol. The molecule has 0 unspecified atom stereocenters. The minimum absolute atomic E-state index is 0.256. The molecule has 4 nitrogen and oxygen atoms in total. The number of benzene rings is 1. The molecule has 1 aromatic heterocycles. The van der Waals surface area contributed by atoms with Gasteiger partial charge in [-0.1, -0.05) is 29.8 Å². The molecule has 0 aliphatic carbocycles. The fraction of sp³-hybridized carbons (Fsp3) is 0.200. The van der Waals surface area contributed by atoms with E-state index in [0.29, 0.717) is 17.1 Å². The first-order valence-electron chi connectivity index (χ1n) is 6.14. The molecule has 2 aromatic rings. The van der Waals surface area contributed by atoms with Crippen LogP contribution in [0.25, 0.3) is 0 Å². The maximum Gasteiger partial charge on any atom is 0.254 e. The fourth-order valence-corrected chi connectivity index (χ4v) is 2.11. The third-order valence-corrected chi connectivity index (χ3v) is 3.18. The lowest BCUT2D eigenvalue weighted by Gasteiger charge is -2.10. The molecule has 0 aliphatic rings. The number of nitrogens with one attached hydrogen (secondary N) is 1. The number of pyridine rings is 1. The van der Waals surface area contributed by atoms with Crippen molar-refractivity contribution in [1.29, 1.82) is 0 Å². The molecule has 0 atom stereocenters. The fourth-order valence-electron chi connectivity index (χ4n) is 1.81. The van der Waals surface area contributed by atoms with E-state index in [1.54, 1.807) is 13.2 Å². The first-order valence-corrected chi connectivity index (χ1v) is 6.52. The molecular weight excluding hydrogens is 276 g/mol. The van der Waals surface area contributed by atoms with Gasteiger partial charge in [-0.2, -0.15) is 0 Å². The van der Waals surface area contributed by atoms with Gasteiger partial charge in [0.05, 0.1) is 17.7 Å². The number of rotatable bonds is 4. The van der Waals surface area contributed by atoms with E-state index in [1.807, 2.05) is 31.2 Å². The van der Waals surface area contributed by atoms with Crippen LogP contribution in [0.5, 0.6) is 5.75 Å². The average Bonchev–Trinajstić information content (AvgIpc) is 2.45. The molecule has 1 amide bonds. The Balaban J connectivity index is 2.09. The minimum Gasteiger partial charge on any atom is -0.496 e. The molecular formula is C15H15ClN2O2. The number of aromatic nitrogens is 1. The number of ether oxygens (including phenoxy) is 1. The number of hydrogen-bond acceptors (Lipinski definition) is 3. The second kappa shape index (κ2) is 6.39. The molecule has 1 heterocycles. The van der Waals surface area contributed by atoms with Gasteiger partial charge in [0, 0.05) is 24.0 Å². The van der Waals surface area contributed by atoms with Crippen molar-refractivity contribution in [2.75, 3.05) is 7.11 Å². The molecule has 0 saturated heterocycles. The van der Waals surface area contributed by atoms with Gasteiger partial charge in [-0.05, 0) is 19.1 Å². The number of hydrogen-bond donors (Lipinski definition) is 1. The molecule has 5 heteroatoms. The molecule has 0 bridgehead atoms. The molecule has 20 heavy (non-hydrogen) atoms. The molecule has 0 fully saturated rings. The van der Waals surface area contributed by atoms with E-state index in [9.17, 15) is 4.79 Å². The van der Waals surface area contributed by atoms with Gasteiger partial charge in [-0.3, -0.25) is 9.78 Å². The highest BCUT2D eigenvalue weighted by Crippen LogP contribution is 2.18. The van der Waals surface area contributed by atoms with Gasteiger partial charge in [0.2, 0.25) is 0 Å². The van der Waals surface area contributed by atoms with Crippen LogP contribution in [0.15, 0.2) is 36.5 Å². The van der Waals surface area contributed by atoms with Crippen molar-refractivity contribution in [1.82, 2.24) is 10.3 Å². The van der Waals surface area contributed by atoms with E-state index < -0.39 is 0 Å². The topological polar surface area (TPSA) is 51.2 Å². The predicted octanol–water partition coefficient (Wildman–Crippen LogP) is 2.98. The van der Waals surface area contributed by atoms with Crippen molar-refractivity contribution >= 4 is 17.5 Å². The van der Waals surface area contributed by atoms with Crippen LogP contribution in [0, 0.1) is 6.92 Å². The van der Waals surface area contributed by atoms with Crippen LogP contribution < -0.4 is 10.1 Å². The van der Waals surface area contributed by atoms with Gasteiger partial charge >= 0.3 is 0 Å². The minimum atomic E-state index is -0.256. The monoisotopic (exact) mass is 290 g/mol. The molecule has 0 saturated carbocycles. The largest absolute Gasteiger partial charge is 0.496 e. The number of carbonyl (C=O) groups is 1. The summed E-state index contributed by atoms with van der Waals surface area (Å²) in [6.07, 6.45) is 1.48. The zero-order valence-electron chi connectivity index (χ0n) is 11.3. The van der Waals surface area contributed by atoms with E-state index in [2.05, 4.69) is 10.3 Å². The third-order valence-electron chi connectivity index (χ3n) is 2.87. The van der Waals surface area contributed by atoms with Gasteiger partial charge in [0.25, 0.3) is 5.91 Å². The number of nitrogens with zero attached hydrogens (tertiary/aromatic N) is 1. The second-order valence-electron chi connectivity index (χ2n) is 4.30. The van der Waals surface area contributed by atoms with Crippen LogP contribution in [-0.2, 0) is 6.54 Å². The summed E-state index contributed by atoms with van der Waals surface area (Å²) in [6.45, 7) is 2.19. The standard InChI is InChI=1S/C15H15ClN2O2/c1-10-7-13(16)12(9-17-10)15(19)18-8-11-5-3-4-6-14(11)20-2/h3-7,9H,8H2,1-2H3,(H,18,19). The number of para-hydroxylation sites is 1. The molecule has 1 N–H and O–H groups in total. The summed E-state index contributed by atoms with van der Waals surface area (Å²) in [5.41, 5.74) is 2.04. The van der Waals surface area contributed by atoms with Crippen LogP contribution in [0.4, 0.5) is 0 Å². The zero-order valence-corrected chi connectivity index (χ0v) is 12.1. The van der Waals surface area contributed by atoms with E-state index in [4.69, 9.17) is 16.3 Å². The lowest BCUT2D eigenvalue weighted by atomic mass is 10.2. The second-order valence-corrected chi connectivity index (χ2v) is 4.71. The molecule has 2 rings (SSSR count). The number of halogens is 1. The highest BCUT2D eigenvalue weighted by Gasteiger charge is 2.11. The van der Waals surface area contributed by atoms with Gasteiger partial charge in [0.15, 0.2) is 0 Å². The number of carbonyl (C=O) groups excluding carboxylic acids is 1. The Morgan fingerprint density at radius 1 is 1.40 bits per heavy atom. The Morgan fingerprint density at radius 3 is 2.85 bits per heavy atom.